The van der Waals surface area contributed by atoms with Gasteiger partial charge < -0.3 is 14.2 Å². The van der Waals surface area contributed by atoms with Crippen LogP contribution in [0.4, 0.5) is 0 Å². The minimum Gasteiger partial charge on any atom is -0.497 e. The van der Waals surface area contributed by atoms with Crippen LogP contribution >= 0.6 is 0 Å². The van der Waals surface area contributed by atoms with Gasteiger partial charge in [0.05, 0.1) is 32.4 Å². The fourth-order valence-electron chi connectivity index (χ4n) is 4.60. The standard InChI is InChI=1S/C25H25N3O4/c1-30-20-10-17(11-21(12-20)31-2)14-27-24-19(16-32-23-8-4-3-7-22(23)24)15-28(27)25(29)18-6-5-9-26-13-18/h3-13,19,24H,14-16H2,1-2H3/t19-,24-/m1/s1. The van der Waals surface area contributed by atoms with Gasteiger partial charge in [-0.25, -0.2) is 5.01 Å². The minimum atomic E-state index is -0.0696. The first-order chi connectivity index (χ1) is 15.7. The highest BCUT2D eigenvalue weighted by molar-refractivity contribution is 5.93. The molecule has 164 valence electrons. The zero-order chi connectivity index (χ0) is 22.1. The number of para-hydroxylation sites is 1. The summed E-state index contributed by atoms with van der Waals surface area (Å²) < 4.78 is 16.9. The van der Waals surface area contributed by atoms with Gasteiger partial charge in [0, 0.05) is 43.0 Å². The van der Waals surface area contributed by atoms with Crippen molar-refractivity contribution in [3.8, 4) is 17.2 Å². The van der Waals surface area contributed by atoms with Crippen LogP contribution in [0.15, 0.2) is 67.0 Å². The molecule has 1 fully saturated rings. The largest absolute Gasteiger partial charge is 0.497 e. The highest BCUT2D eigenvalue weighted by Gasteiger charge is 2.46. The van der Waals surface area contributed by atoms with Gasteiger partial charge in [0.2, 0.25) is 0 Å². The topological polar surface area (TPSA) is 64.1 Å². The Morgan fingerprint density at radius 2 is 1.88 bits per heavy atom. The van der Waals surface area contributed by atoms with E-state index in [2.05, 4.69) is 16.1 Å². The highest BCUT2D eigenvalue weighted by Crippen LogP contribution is 2.45. The summed E-state index contributed by atoms with van der Waals surface area (Å²) >= 11 is 0. The van der Waals surface area contributed by atoms with Crippen molar-refractivity contribution in [2.24, 2.45) is 5.92 Å². The second-order valence-electron chi connectivity index (χ2n) is 8.00. The molecule has 2 atom stereocenters. The van der Waals surface area contributed by atoms with Gasteiger partial charge in [0.1, 0.15) is 17.2 Å². The van der Waals surface area contributed by atoms with Crippen LogP contribution in [0.3, 0.4) is 0 Å². The monoisotopic (exact) mass is 431 g/mol. The number of nitrogens with zero attached hydrogens (tertiary/aromatic N) is 3. The van der Waals surface area contributed by atoms with Crippen molar-refractivity contribution in [3.63, 3.8) is 0 Å². The molecule has 0 saturated carbocycles. The molecule has 3 heterocycles. The van der Waals surface area contributed by atoms with Gasteiger partial charge in [-0.15, -0.1) is 0 Å². The van der Waals surface area contributed by atoms with Gasteiger partial charge in [0.25, 0.3) is 5.91 Å². The molecule has 0 radical (unpaired) electrons. The van der Waals surface area contributed by atoms with E-state index in [1.54, 1.807) is 38.7 Å². The fraction of sp³-hybridized carbons (Fsp3) is 0.280. The van der Waals surface area contributed by atoms with Crippen LogP contribution in [0, 0.1) is 5.92 Å². The third kappa shape index (κ3) is 3.65. The van der Waals surface area contributed by atoms with Crippen molar-refractivity contribution in [2.45, 2.75) is 12.6 Å². The molecule has 2 aliphatic rings. The smallest absolute Gasteiger partial charge is 0.269 e. The molecular weight excluding hydrogens is 406 g/mol. The van der Waals surface area contributed by atoms with E-state index in [4.69, 9.17) is 14.2 Å². The molecule has 0 bridgehead atoms. The summed E-state index contributed by atoms with van der Waals surface area (Å²) in [6.45, 7) is 1.67. The van der Waals surface area contributed by atoms with E-state index in [9.17, 15) is 4.79 Å². The van der Waals surface area contributed by atoms with E-state index in [0.717, 1.165) is 16.9 Å². The lowest BCUT2D eigenvalue weighted by Crippen LogP contribution is -2.42. The number of amides is 1. The summed E-state index contributed by atoms with van der Waals surface area (Å²) in [4.78, 5) is 17.6. The lowest BCUT2D eigenvalue weighted by atomic mass is 9.91. The molecule has 0 aliphatic carbocycles. The molecule has 1 aromatic heterocycles. The predicted octanol–water partition coefficient (Wildman–Crippen LogP) is 3.72. The van der Waals surface area contributed by atoms with Crippen molar-refractivity contribution >= 4 is 5.91 Å². The Labute approximate surface area is 187 Å². The van der Waals surface area contributed by atoms with Crippen molar-refractivity contribution in [2.75, 3.05) is 27.4 Å². The number of pyridine rings is 1. The number of rotatable bonds is 5. The predicted molar refractivity (Wildman–Crippen MR) is 119 cm³/mol. The molecule has 1 amide bonds. The zero-order valence-electron chi connectivity index (χ0n) is 18.1. The number of hydrogen-bond acceptors (Lipinski definition) is 6. The number of ether oxygens (including phenoxy) is 3. The van der Waals surface area contributed by atoms with Crippen LogP contribution < -0.4 is 14.2 Å². The number of methoxy groups -OCH3 is 2. The normalized spacial score (nSPS) is 19.6. The van der Waals surface area contributed by atoms with E-state index >= 15 is 0 Å². The molecule has 1 saturated heterocycles. The highest BCUT2D eigenvalue weighted by atomic mass is 16.5. The van der Waals surface area contributed by atoms with E-state index in [-0.39, 0.29) is 17.9 Å². The van der Waals surface area contributed by atoms with Crippen LogP contribution in [-0.2, 0) is 6.54 Å². The quantitative estimate of drug-likeness (QED) is 0.614. The minimum absolute atomic E-state index is 0.0257. The van der Waals surface area contributed by atoms with Crippen LogP contribution in [-0.4, -0.2) is 48.3 Å². The molecule has 0 spiro atoms. The lowest BCUT2D eigenvalue weighted by molar-refractivity contribution is -0.00597. The third-order valence-electron chi connectivity index (χ3n) is 6.07. The van der Waals surface area contributed by atoms with E-state index in [1.165, 1.54) is 0 Å². The number of hydrazine groups is 1. The summed E-state index contributed by atoms with van der Waals surface area (Å²) in [5, 5.41) is 3.99. The zero-order valence-corrected chi connectivity index (χ0v) is 18.1. The van der Waals surface area contributed by atoms with Crippen molar-refractivity contribution in [3.05, 3.63) is 83.7 Å². The maximum Gasteiger partial charge on any atom is 0.269 e. The first-order valence-electron chi connectivity index (χ1n) is 10.6. The summed E-state index contributed by atoms with van der Waals surface area (Å²) in [6, 6.07) is 17.5. The molecule has 5 rings (SSSR count). The average molecular weight is 431 g/mol. The van der Waals surface area contributed by atoms with Crippen molar-refractivity contribution in [1.29, 1.82) is 0 Å². The SMILES string of the molecule is COc1cc(CN2[C@H]3c4ccccc4OC[C@H]3CN2C(=O)c2cccnc2)cc(OC)c1. The summed E-state index contributed by atoms with van der Waals surface area (Å²) in [7, 11) is 3.27. The first-order valence-corrected chi connectivity index (χ1v) is 10.6. The first kappa shape index (κ1) is 20.3. The van der Waals surface area contributed by atoms with Crippen LogP contribution in [0.5, 0.6) is 17.2 Å². The molecule has 2 aliphatic heterocycles. The van der Waals surface area contributed by atoms with Crippen LogP contribution in [0.2, 0.25) is 0 Å². The number of hydrogen-bond donors (Lipinski definition) is 0. The van der Waals surface area contributed by atoms with Crippen molar-refractivity contribution in [1.82, 2.24) is 15.0 Å². The number of benzene rings is 2. The number of aromatic nitrogens is 1. The molecule has 0 unspecified atom stereocenters. The van der Waals surface area contributed by atoms with Gasteiger partial charge in [-0.3, -0.25) is 14.8 Å². The van der Waals surface area contributed by atoms with Crippen LogP contribution in [0.1, 0.15) is 27.5 Å². The molecule has 2 aromatic carbocycles. The Kier molecular flexibility index (Phi) is 5.41. The number of carbonyl (C=O) groups is 1. The van der Waals surface area contributed by atoms with E-state index < -0.39 is 0 Å². The van der Waals surface area contributed by atoms with E-state index in [1.807, 2.05) is 41.4 Å². The molecule has 32 heavy (non-hydrogen) atoms. The lowest BCUT2D eigenvalue weighted by Gasteiger charge is -2.35. The van der Waals surface area contributed by atoms with Gasteiger partial charge in [0.15, 0.2) is 0 Å². The number of carbonyl (C=O) groups excluding carboxylic acids is 1. The molecule has 3 aromatic rings. The Morgan fingerprint density at radius 3 is 2.59 bits per heavy atom. The fourth-order valence-corrected chi connectivity index (χ4v) is 4.60. The Hall–Kier alpha value is -3.58. The maximum absolute atomic E-state index is 13.5. The molecular formula is C25H25N3O4. The Bertz CT molecular complexity index is 1100. The summed E-state index contributed by atoms with van der Waals surface area (Å²) in [5.74, 6) is 2.40. The maximum atomic E-state index is 13.5. The summed E-state index contributed by atoms with van der Waals surface area (Å²) in [5.41, 5.74) is 2.66. The van der Waals surface area contributed by atoms with Gasteiger partial charge >= 0.3 is 0 Å². The van der Waals surface area contributed by atoms with Gasteiger partial charge in [-0.05, 0) is 35.9 Å². The third-order valence-corrected chi connectivity index (χ3v) is 6.07. The Balaban J connectivity index is 1.55. The van der Waals surface area contributed by atoms with Crippen molar-refractivity contribution < 1.29 is 19.0 Å². The molecule has 0 N–H and O–H groups in total. The molecule has 7 nitrogen and oxygen atoms in total. The molecule has 7 heteroatoms. The van der Waals surface area contributed by atoms with E-state index in [0.29, 0.717) is 36.8 Å². The number of fused-ring (bicyclic) bond motifs is 3. The Morgan fingerprint density at radius 1 is 1.09 bits per heavy atom. The summed E-state index contributed by atoms with van der Waals surface area (Å²) in [6.07, 6.45) is 3.28. The van der Waals surface area contributed by atoms with Gasteiger partial charge in [-0.1, -0.05) is 18.2 Å². The second-order valence-corrected chi connectivity index (χ2v) is 8.00. The average Bonchev–Trinajstić information content (AvgIpc) is 3.22. The van der Waals surface area contributed by atoms with Gasteiger partial charge in [-0.2, -0.15) is 0 Å². The second kappa shape index (κ2) is 8.51. The van der Waals surface area contributed by atoms with Crippen LogP contribution in [0.25, 0.3) is 0 Å².